The minimum atomic E-state index is -2.39. The van der Waals surface area contributed by atoms with Crippen molar-refractivity contribution < 1.29 is 16.5 Å². The van der Waals surface area contributed by atoms with Gasteiger partial charge in [0.25, 0.3) is 0 Å². The molecule has 1 atom stereocenters. The minimum Gasteiger partial charge on any atom is -0.437 e. The van der Waals surface area contributed by atoms with Crippen LogP contribution in [0, 0.1) is 0 Å². The first-order valence-corrected chi connectivity index (χ1v) is 21.5. The Hall–Kier alpha value is 0.884. The molecule has 0 aliphatic heterocycles. The number of nitrogens with zero attached hydrogens (tertiary/aromatic N) is 1. The molecule has 0 saturated heterocycles. The summed E-state index contributed by atoms with van der Waals surface area (Å²) in [6.07, 6.45) is 0. The van der Waals surface area contributed by atoms with E-state index < -0.39 is 43.2 Å². The Morgan fingerprint density at radius 2 is 1.09 bits per heavy atom. The predicted octanol–water partition coefficient (Wildman–Crippen LogP) is 3.67. The van der Waals surface area contributed by atoms with Gasteiger partial charge in [-0.1, -0.05) is 0 Å². The van der Waals surface area contributed by atoms with Crippen LogP contribution < -0.4 is 0 Å². The minimum absolute atomic E-state index is 0.830. The molecule has 5 nitrogen and oxygen atoms in total. The lowest BCUT2D eigenvalue weighted by Gasteiger charge is -2.43. The van der Waals surface area contributed by atoms with Crippen LogP contribution in [0.3, 0.4) is 0 Å². The van der Waals surface area contributed by atoms with Gasteiger partial charge in [0.1, 0.15) is 0 Å². The van der Waals surface area contributed by atoms with Crippen molar-refractivity contribution in [1.29, 1.82) is 0 Å². The maximum Gasteiger partial charge on any atom is 0.404 e. The number of rotatable bonds is 9. The molecule has 0 heterocycles. The van der Waals surface area contributed by atoms with Crippen molar-refractivity contribution in [1.82, 2.24) is 4.57 Å². The largest absolute Gasteiger partial charge is 0.437 e. The molecule has 1 unspecified atom stereocenters. The molecule has 0 fully saturated rings. The van der Waals surface area contributed by atoms with E-state index in [0.717, 1.165) is 0 Å². The number of hydrogen-bond donors (Lipinski definition) is 0. The molecule has 0 rings (SSSR count). The second-order valence-corrected chi connectivity index (χ2v) is 25.6. The molecule has 1 radical (unpaired) electrons. The van der Waals surface area contributed by atoms with E-state index >= 15 is 0 Å². The fourth-order valence-corrected chi connectivity index (χ4v) is 22.8. The summed E-state index contributed by atoms with van der Waals surface area (Å²) in [7, 11) is -5.31. The van der Waals surface area contributed by atoms with Crippen molar-refractivity contribution in [3.63, 3.8) is 0 Å². The summed E-state index contributed by atoms with van der Waals surface area (Å²) < 4.78 is 27.6. The zero-order chi connectivity index (χ0) is 18.0. The third kappa shape index (κ3) is 9.25. The average Bonchev–Trinajstić information content (AvgIpc) is 2.06. The fraction of sp³-hybridized carbons (Fsp3) is 1.00. The molecule has 0 amide bonds. The Bertz CT molecular complexity index is 360. The Morgan fingerprint density at radius 1 is 0.682 bits per heavy atom. The van der Waals surface area contributed by atoms with Crippen molar-refractivity contribution in [2.24, 2.45) is 0 Å². The Kier molecular flexibility index (Phi) is 8.16. The molecular weight excluding hydrogens is 363 g/mol. The summed E-state index contributed by atoms with van der Waals surface area (Å²) in [5, 5.41) is 0. The molecule has 0 spiro atoms. The van der Waals surface area contributed by atoms with Crippen molar-refractivity contribution in [3.05, 3.63) is 0 Å². The SMILES string of the molecule is CN(C)[Si](C)(O[Si](C)C)O[Si](C)(C)O[Si](C)(C)O[Si](C)(C)C. The monoisotopic (exact) mass is 398 g/mol. The predicted molar refractivity (Wildman–Crippen MR) is 105 cm³/mol. The summed E-state index contributed by atoms with van der Waals surface area (Å²) >= 11 is 0. The third-order valence-electron chi connectivity index (χ3n) is 2.68. The van der Waals surface area contributed by atoms with Gasteiger partial charge in [0, 0.05) is 0 Å². The van der Waals surface area contributed by atoms with Gasteiger partial charge >= 0.3 is 25.8 Å². The highest BCUT2D eigenvalue weighted by molar-refractivity contribution is 6.88. The summed E-state index contributed by atoms with van der Waals surface area (Å²) in [5.41, 5.74) is 0. The molecule has 0 aromatic carbocycles. The van der Waals surface area contributed by atoms with Crippen molar-refractivity contribution in [2.45, 2.75) is 65.5 Å². The summed E-state index contributed by atoms with van der Waals surface area (Å²) in [6, 6.07) is 0. The highest BCUT2D eigenvalue weighted by atomic mass is 28.5. The topological polar surface area (TPSA) is 40.2 Å². The maximum atomic E-state index is 6.50. The normalized spacial score (nSPS) is 17.2. The van der Waals surface area contributed by atoms with Crippen LogP contribution in [-0.4, -0.2) is 61.9 Å². The first-order chi connectivity index (χ1) is 9.48. The number of hydrogen-bond acceptors (Lipinski definition) is 5. The van der Waals surface area contributed by atoms with Gasteiger partial charge in [-0.05, 0) is 79.6 Å². The van der Waals surface area contributed by atoms with E-state index in [2.05, 4.69) is 70.0 Å². The maximum absolute atomic E-state index is 6.50. The molecule has 0 saturated carbocycles. The zero-order valence-electron chi connectivity index (χ0n) is 16.6. The van der Waals surface area contributed by atoms with Crippen LogP contribution in [0.25, 0.3) is 0 Å². The molecule has 0 N–H and O–H groups in total. The van der Waals surface area contributed by atoms with E-state index in [9.17, 15) is 0 Å². The molecule has 0 aromatic heterocycles. The van der Waals surface area contributed by atoms with Crippen LogP contribution in [0.5, 0.6) is 0 Å². The smallest absolute Gasteiger partial charge is 0.404 e. The van der Waals surface area contributed by atoms with E-state index in [4.69, 9.17) is 16.5 Å². The lowest BCUT2D eigenvalue weighted by atomic mass is 11.3. The zero-order valence-corrected chi connectivity index (χ0v) is 21.6. The highest BCUT2D eigenvalue weighted by Crippen LogP contribution is 2.25. The van der Waals surface area contributed by atoms with Crippen LogP contribution in [0.15, 0.2) is 0 Å². The van der Waals surface area contributed by atoms with Gasteiger partial charge in [0.05, 0.1) is 0 Å². The van der Waals surface area contributed by atoms with Gasteiger partial charge < -0.3 is 16.5 Å². The van der Waals surface area contributed by atoms with E-state index in [1.807, 2.05) is 14.1 Å². The Labute approximate surface area is 144 Å². The van der Waals surface area contributed by atoms with Crippen LogP contribution in [-0.2, 0) is 16.5 Å². The van der Waals surface area contributed by atoms with Gasteiger partial charge in [-0.25, -0.2) is 0 Å². The lowest BCUT2D eigenvalue weighted by molar-refractivity contribution is 0.257. The summed E-state index contributed by atoms with van der Waals surface area (Å²) in [4.78, 5) is 0. The molecule has 133 valence electrons. The van der Waals surface area contributed by atoms with E-state index in [1.54, 1.807) is 0 Å². The standard InChI is InChI=1S/C12H36NO4Si5/c1-13(2)22(12,14-18(3)4)17-21(10,11)16-20(8,9)15-19(5,6)7/h1-12H3. The van der Waals surface area contributed by atoms with Gasteiger partial charge in [-0.3, -0.25) is 4.57 Å². The second kappa shape index (κ2) is 7.84. The first kappa shape index (κ1) is 22.9. The average molecular weight is 399 g/mol. The van der Waals surface area contributed by atoms with E-state index in [1.165, 1.54) is 0 Å². The van der Waals surface area contributed by atoms with Crippen LogP contribution in [0.1, 0.15) is 0 Å². The van der Waals surface area contributed by atoms with Crippen molar-refractivity contribution >= 4 is 43.2 Å². The fourth-order valence-electron chi connectivity index (χ4n) is 2.41. The molecule has 10 heteroatoms. The second-order valence-electron chi connectivity index (χ2n) is 8.02. The molecule has 22 heavy (non-hydrogen) atoms. The van der Waals surface area contributed by atoms with Crippen LogP contribution in [0.2, 0.25) is 65.5 Å². The van der Waals surface area contributed by atoms with Gasteiger partial charge in [-0.15, -0.1) is 0 Å². The molecule has 0 aliphatic rings. The highest BCUT2D eigenvalue weighted by Gasteiger charge is 2.47. The van der Waals surface area contributed by atoms with Gasteiger partial charge in [0.15, 0.2) is 17.4 Å². The third-order valence-corrected chi connectivity index (χ3v) is 19.3. The Morgan fingerprint density at radius 3 is 1.41 bits per heavy atom. The van der Waals surface area contributed by atoms with Gasteiger partial charge in [-0.2, -0.15) is 0 Å². The summed E-state index contributed by atoms with van der Waals surface area (Å²) in [6.45, 7) is 21.4. The quantitative estimate of drug-likeness (QED) is 0.554. The van der Waals surface area contributed by atoms with E-state index in [-0.39, 0.29) is 0 Å². The summed E-state index contributed by atoms with van der Waals surface area (Å²) in [5.74, 6) is 0. The van der Waals surface area contributed by atoms with E-state index in [0.29, 0.717) is 0 Å². The first-order valence-electron chi connectivity index (χ1n) is 7.75. The van der Waals surface area contributed by atoms with Gasteiger partial charge in [0.2, 0.25) is 0 Å². The molecular formula is C12H36NO4Si5. The van der Waals surface area contributed by atoms with Crippen LogP contribution >= 0.6 is 0 Å². The lowest BCUT2D eigenvalue weighted by Crippen LogP contribution is -2.63. The molecule has 0 bridgehead atoms. The molecule has 0 aromatic rings. The Balaban J connectivity index is 5.06. The van der Waals surface area contributed by atoms with Crippen LogP contribution in [0.4, 0.5) is 0 Å². The van der Waals surface area contributed by atoms with Crippen molar-refractivity contribution in [3.8, 4) is 0 Å². The van der Waals surface area contributed by atoms with Crippen molar-refractivity contribution in [2.75, 3.05) is 14.1 Å². The molecule has 0 aliphatic carbocycles.